The highest BCUT2D eigenvalue weighted by atomic mass is 32.1. The number of carbonyl (C=O) groups is 1. The number of thiazole rings is 1. The van der Waals surface area contributed by atoms with Gasteiger partial charge in [0.15, 0.2) is 10.8 Å². The topological polar surface area (TPSA) is 103 Å². The summed E-state index contributed by atoms with van der Waals surface area (Å²) in [5.74, 6) is 0.277. The molecule has 25 heavy (non-hydrogen) atoms. The number of carbonyl (C=O) groups excluding carboxylic acids is 1. The zero-order valence-electron chi connectivity index (χ0n) is 13.9. The molecule has 0 saturated heterocycles. The van der Waals surface area contributed by atoms with Gasteiger partial charge in [0.25, 0.3) is 11.5 Å². The van der Waals surface area contributed by atoms with Crippen LogP contribution in [0.3, 0.4) is 0 Å². The van der Waals surface area contributed by atoms with E-state index in [4.69, 9.17) is 4.74 Å². The molecule has 0 saturated carbocycles. The van der Waals surface area contributed by atoms with E-state index in [1.165, 1.54) is 17.4 Å². The van der Waals surface area contributed by atoms with Crippen LogP contribution in [0.1, 0.15) is 35.7 Å². The average Bonchev–Trinajstić information content (AvgIpc) is 3.23. The molecule has 0 fully saturated rings. The van der Waals surface area contributed by atoms with E-state index >= 15 is 0 Å². The second-order valence-corrected chi connectivity index (χ2v) is 6.33. The third-order valence-corrected chi connectivity index (χ3v) is 4.43. The molecule has 0 radical (unpaired) electrons. The SMILES string of the molecule is COCCCn1cnnc1[C@@H](C)NC(=O)c1cc(=O)nc2sccn12. The number of hydrogen-bond acceptors (Lipinski definition) is 7. The number of nitrogens with one attached hydrogen (secondary N) is 1. The summed E-state index contributed by atoms with van der Waals surface area (Å²) in [5, 5.41) is 12.6. The number of methoxy groups -OCH3 is 1. The first kappa shape index (κ1) is 17.2. The highest BCUT2D eigenvalue weighted by Crippen LogP contribution is 2.13. The van der Waals surface area contributed by atoms with Crippen molar-refractivity contribution in [2.45, 2.75) is 25.9 Å². The molecule has 3 rings (SSSR count). The summed E-state index contributed by atoms with van der Waals surface area (Å²) in [6, 6.07) is 0.862. The summed E-state index contributed by atoms with van der Waals surface area (Å²) >= 11 is 1.30. The number of hydrogen-bond donors (Lipinski definition) is 1. The van der Waals surface area contributed by atoms with Crippen molar-refractivity contribution in [3.8, 4) is 0 Å². The first-order valence-electron chi connectivity index (χ1n) is 7.74. The van der Waals surface area contributed by atoms with Crippen LogP contribution in [0.15, 0.2) is 28.8 Å². The van der Waals surface area contributed by atoms with Crippen LogP contribution in [0, 0.1) is 0 Å². The normalized spacial score (nSPS) is 12.4. The number of aromatic nitrogens is 5. The predicted octanol–water partition coefficient (Wildman–Crippen LogP) is 0.875. The van der Waals surface area contributed by atoms with E-state index in [1.54, 1.807) is 29.4 Å². The lowest BCUT2D eigenvalue weighted by molar-refractivity contribution is 0.0930. The molecule has 3 aromatic heterocycles. The van der Waals surface area contributed by atoms with Crippen molar-refractivity contribution in [3.05, 3.63) is 45.8 Å². The molecular weight excluding hydrogens is 344 g/mol. The standard InChI is InChI=1S/C15H18N6O3S/c1-10(13-19-16-9-20(13)4-3-6-24-2)17-14(23)11-8-12(22)18-15-21(11)5-7-25-15/h5,7-10H,3-4,6H2,1-2H3,(H,17,23)/t10-/m1/s1. The summed E-state index contributed by atoms with van der Waals surface area (Å²) in [7, 11) is 1.65. The van der Waals surface area contributed by atoms with Crippen LogP contribution in [0.2, 0.25) is 0 Å². The molecule has 0 aliphatic rings. The second kappa shape index (κ2) is 7.53. The zero-order valence-corrected chi connectivity index (χ0v) is 14.7. The van der Waals surface area contributed by atoms with Crippen LogP contribution in [-0.4, -0.2) is 43.8 Å². The average molecular weight is 362 g/mol. The smallest absolute Gasteiger partial charge is 0.274 e. The minimum Gasteiger partial charge on any atom is -0.385 e. The van der Waals surface area contributed by atoms with Crippen molar-refractivity contribution in [2.24, 2.45) is 0 Å². The third kappa shape index (κ3) is 3.74. The molecule has 3 heterocycles. The summed E-state index contributed by atoms with van der Waals surface area (Å²) in [6.45, 7) is 3.15. The van der Waals surface area contributed by atoms with Gasteiger partial charge in [-0.15, -0.1) is 21.5 Å². The minimum absolute atomic E-state index is 0.244. The molecule has 0 unspecified atom stereocenters. The van der Waals surface area contributed by atoms with Gasteiger partial charge in [0.2, 0.25) is 0 Å². The van der Waals surface area contributed by atoms with Crippen LogP contribution in [0.5, 0.6) is 0 Å². The van der Waals surface area contributed by atoms with Crippen molar-refractivity contribution in [3.63, 3.8) is 0 Å². The molecule has 0 spiro atoms. The lowest BCUT2D eigenvalue weighted by atomic mass is 10.2. The lowest BCUT2D eigenvalue weighted by Crippen LogP contribution is -2.31. The number of rotatable bonds is 7. The Kier molecular flexibility index (Phi) is 5.19. The van der Waals surface area contributed by atoms with Crippen LogP contribution in [-0.2, 0) is 11.3 Å². The first-order chi connectivity index (χ1) is 12.1. The molecule has 1 N–H and O–H groups in total. The molecule has 0 bridgehead atoms. The summed E-state index contributed by atoms with van der Waals surface area (Å²) in [4.78, 5) is 28.7. The maximum Gasteiger partial charge on any atom is 0.274 e. The number of amides is 1. The molecular formula is C15H18N6O3S. The Balaban J connectivity index is 1.78. The molecule has 3 aromatic rings. The molecule has 9 nitrogen and oxygen atoms in total. The van der Waals surface area contributed by atoms with Crippen molar-refractivity contribution in [1.82, 2.24) is 29.5 Å². The monoisotopic (exact) mass is 362 g/mol. The van der Waals surface area contributed by atoms with E-state index in [0.717, 1.165) is 6.42 Å². The van der Waals surface area contributed by atoms with Gasteiger partial charge in [0.1, 0.15) is 12.0 Å². The second-order valence-electron chi connectivity index (χ2n) is 5.46. The number of aryl methyl sites for hydroxylation is 1. The van der Waals surface area contributed by atoms with Crippen LogP contribution < -0.4 is 10.9 Å². The van der Waals surface area contributed by atoms with Crippen molar-refractivity contribution < 1.29 is 9.53 Å². The Labute approximate surface area is 147 Å². The quantitative estimate of drug-likeness (QED) is 0.626. The van der Waals surface area contributed by atoms with Gasteiger partial charge >= 0.3 is 0 Å². The number of ether oxygens (including phenoxy) is 1. The minimum atomic E-state index is -0.442. The Hall–Kier alpha value is -2.59. The molecule has 0 aliphatic heterocycles. The van der Waals surface area contributed by atoms with E-state index < -0.39 is 5.56 Å². The lowest BCUT2D eigenvalue weighted by Gasteiger charge is -2.15. The van der Waals surface area contributed by atoms with Gasteiger partial charge < -0.3 is 14.6 Å². The van der Waals surface area contributed by atoms with Crippen LogP contribution in [0.25, 0.3) is 4.96 Å². The van der Waals surface area contributed by atoms with E-state index in [0.29, 0.717) is 23.9 Å². The maximum absolute atomic E-state index is 12.6. The van der Waals surface area contributed by atoms with E-state index in [2.05, 4.69) is 20.5 Å². The summed E-state index contributed by atoms with van der Waals surface area (Å²) < 4.78 is 8.52. The molecule has 1 amide bonds. The number of fused-ring (bicyclic) bond motifs is 1. The fourth-order valence-corrected chi connectivity index (χ4v) is 3.23. The van der Waals surface area contributed by atoms with Gasteiger partial charge in [-0.3, -0.25) is 14.0 Å². The molecule has 1 atom stereocenters. The Bertz CT molecular complexity index is 931. The van der Waals surface area contributed by atoms with Crippen molar-refractivity contribution in [2.75, 3.05) is 13.7 Å². The van der Waals surface area contributed by atoms with Gasteiger partial charge in [-0.1, -0.05) is 0 Å². The molecule has 10 heteroatoms. The largest absolute Gasteiger partial charge is 0.385 e. The fourth-order valence-electron chi connectivity index (χ4n) is 2.51. The Morgan fingerprint density at radius 2 is 2.32 bits per heavy atom. The van der Waals surface area contributed by atoms with Crippen LogP contribution >= 0.6 is 11.3 Å². The molecule has 132 valence electrons. The summed E-state index contributed by atoms with van der Waals surface area (Å²) in [5.41, 5.74) is -0.198. The molecule has 0 aromatic carbocycles. The predicted molar refractivity (Wildman–Crippen MR) is 91.7 cm³/mol. The maximum atomic E-state index is 12.6. The van der Waals surface area contributed by atoms with E-state index in [1.807, 2.05) is 11.5 Å². The van der Waals surface area contributed by atoms with Crippen LogP contribution in [0.4, 0.5) is 0 Å². The zero-order chi connectivity index (χ0) is 17.8. The van der Waals surface area contributed by atoms with Gasteiger partial charge in [0.05, 0.1) is 6.04 Å². The first-order valence-corrected chi connectivity index (χ1v) is 8.62. The Morgan fingerprint density at radius 1 is 1.48 bits per heavy atom. The van der Waals surface area contributed by atoms with Gasteiger partial charge in [-0.2, -0.15) is 4.98 Å². The van der Waals surface area contributed by atoms with Gasteiger partial charge in [0, 0.05) is 37.9 Å². The fraction of sp³-hybridized carbons (Fsp3) is 0.400. The van der Waals surface area contributed by atoms with Gasteiger partial charge in [-0.25, -0.2) is 0 Å². The van der Waals surface area contributed by atoms with Crippen molar-refractivity contribution >= 4 is 22.2 Å². The van der Waals surface area contributed by atoms with Gasteiger partial charge in [-0.05, 0) is 13.3 Å². The Morgan fingerprint density at radius 3 is 3.12 bits per heavy atom. The highest BCUT2D eigenvalue weighted by Gasteiger charge is 2.19. The van der Waals surface area contributed by atoms with E-state index in [-0.39, 0.29) is 17.6 Å². The highest BCUT2D eigenvalue weighted by molar-refractivity contribution is 7.15. The van der Waals surface area contributed by atoms with Crippen molar-refractivity contribution in [1.29, 1.82) is 0 Å². The summed E-state index contributed by atoms with van der Waals surface area (Å²) in [6.07, 6.45) is 4.15. The number of nitrogens with zero attached hydrogens (tertiary/aromatic N) is 5. The van der Waals surface area contributed by atoms with E-state index in [9.17, 15) is 9.59 Å². The molecule has 0 aliphatic carbocycles. The third-order valence-electron chi connectivity index (χ3n) is 3.68.